The Labute approximate surface area is 90.3 Å². The second-order valence-corrected chi connectivity index (χ2v) is 3.25. The third-order valence-corrected chi connectivity index (χ3v) is 2.19. The van der Waals surface area contributed by atoms with Crippen LogP contribution in [0.15, 0.2) is 48.5 Å². The Kier molecular flexibility index (Phi) is 3.03. The molecule has 1 heteroatoms. The van der Waals surface area contributed by atoms with Crippen LogP contribution in [0.5, 0.6) is 5.75 Å². The molecule has 0 aliphatic heterocycles. The summed E-state index contributed by atoms with van der Waals surface area (Å²) < 4.78 is 5.46. The van der Waals surface area contributed by atoms with Crippen LogP contribution in [0.1, 0.15) is 6.92 Å². The summed E-state index contributed by atoms with van der Waals surface area (Å²) in [7, 11) is 0. The number of hydrogen-bond acceptors (Lipinski definition) is 1. The van der Waals surface area contributed by atoms with Crippen molar-refractivity contribution in [1.29, 1.82) is 0 Å². The Morgan fingerprint density at radius 3 is 2.73 bits per heavy atom. The maximum absolute atomic E-state index is 5.46. The predicted octanol–water partition coefficient (Wildman–Crippen LogP) is 3.55. The van der Waals surface area contributed by atoms with Gasteiger partial charge in [-0.3, -0.25) is 0 Å². The summed E-state index contributed by atoms with van der Waals surface area (Å²) in [6, 6.07) is 19.1. The van der Waals surface area contributed by atoms with Gasteiger partial charge in [0.15, 0.2) is 0 Å². The van der Waals surface area contributed by atoms with Crippen LogP contribution in [-0.2, 0) is 0 Å². The van der Waals surface area contributed by atoms with Gasteiger partial charge in [-0.15, -0.1) is 0 Å². The van der Waals surface area contributed by atoms with E-state index in [1.54, 1.807) is 0 Å². The summed E-state index contributed by atoms with van der Waals surface area (Å²) in [5.41, 5.74) is 2.33. The molecule has 0 fully saturated rings. The molecular formula is C14H13O. The molecule has 2 rings (SSSR count). The highest BCUT2D eigenvalue weighted by atomic mass is 16.5. The summed E-state index contributed by atoms with van der Waals surface area (Å²) in [6.45, 7) is 2.69. The van der Waals surface area contributed by atoms with E-state index in [1.165, 1.54) is 5.56 Å². The molecule has 0 unspecified atom stereocenters. The van der Waals surface area contributed by atoms with Gasteiger partial charge in [0.25, 0.3) is 0 Å². The zero-order valence-corrected chi connectivity index (χ0v) is 8.73. The van der Waals surface area contributed by atoms with Crippen molar-refractivity contribution in [2.45, 2.75) is 6.92 Å². The first-order valence-electron chi connectivity index (χ1n) is 5.09. The summed E-state index contributed by atoms with van der Waals surface area (Å²) in [4.78, 5) is 0. The van der Waals surface area contributed by atoms with Crippen LogP contribution in [0, 0.1) is 6.07 Å². The van der Waals surface area contributed by atoms with E-state index in [4.69, 9.17) is 4.74 Å². The Balaban J connectivity index is 2.33. The maximum atomic E-state index is 5.46. The highest BCUT2D eigenvalue weighted by Crippen LogP contribution is 2.23. The molecule has 0 amide bonds. The van der Waals surface area contributed by atoms with Gasteiger partial charge in [0.1, 0.15) is 5.75 Å². The van der Waals surface area contributed by atoms with Gasteiger partial charge in [-0.1, -0.05) is 30.3 Å². The van der Waals surface area contributed by atoms with Crippen molar-refractivity contribution in [1.82, 2.24) is 0 Å². The third-order valence-electron chi connectivity index (χ3n) is 2.19. The lowest BCUT2D eigenvalue weighted by Gasteiger charge is -2.05. The molecule has 0 heterocycles. The zero-order chi connectivity index (χ0) is 10.5. The smallest absolute Gasteiger partial charge is 0.119 e. The minimum Gasteiger partial charge on any atom is -0.494 e. The number of hydrogen-bond donors (Lipinski definition) is 0. The van der Waals surface area contributed by atoms with Gasteiger partial charge in [-0.25, -0.2) is 0 Å². The first-order chi connectivity index (χ1) is 7.40. The molecule has 0 aliphatic carbocycles. The van der Waals surface area contributed by atoms with Crippen molar-refractivity contribution in [3.05, 3.63) is 54.6 Å². The molecule has 0 N–H and O–H groups in total. The molecular weight excluding hydrogens is 184 g/mol. The van der Waals surface area contributed by atoms with Crippen molar-refractivity contribution in [2.24, 2.45) is 0 Å². The van der Waals surface area contributed by atoms with E-state index in [2.05, 4.69) is 18.2 Å². The molecule has 0 spiro atoms. The first-order valence-corrected chi connectivity index (χ1v) is 5.09. The number of benzene rings is 2. The van der Waals surface area contributed by atoms with Gasteiger partial charge in [0, 0.05) is 0 Å². The topological polar surface area (TPSA) is 9.23 Å². The van der Waals surface area contributed by atoms with Crippen LogP contribution in [0.2, 0.25) is 0 Å². The molecule has 1 radical (unpaired) electrons. The Bertz CT molecular complexity index is 420. The van der Waals surface area contributed by atoms with Gasteiger partial charge in [-0.2, -0.15) is 0 Å². The quantitative estimate of drug-likeness (QED) is 0.731. The fourth-order valence-corrected chi connectivity index (χ4v) is 1.51. The molecule has 0 saturated carbocycles. The average Bonchev–Trinajstić information content (AvgIpc) is 2.31. The minimum absolute atomic E-state index is 0.699. The van der Waals surface area contributed by atoms with Crippen LogP contribution in [0.3, 0.4) is 0 Å². The largest absolute Gasteiger partial charge is 0.494 e. The third kappa shape index (κ3) is 2.38. The normalized spacial score (nSPS) is 9.93. The molecule has 15 heavy (non-hydrogen) atoms. The zero-order valence-electron chi connectivity index (χ0n) is 8.73. The van der Waals surface area contributed by atoms with Gasteiger partial charge in [0.05, 0.1) is 6.61 Å². The summed E-state index contributed by atoms with van der Waals surface area (Å²) in [5.74, 6) is 0.916. The van der Waals surface area contributed by atoms with Gasteiger partial charge in [0.2, 0.25) is 0 Å². The highest BCUT2D eigenvalue weighted by Gasteiger charge is 1.98. The number of ether oxygens (including phenoxy) is 1. The Hall–Kier alpha value is -1.76. The second-order valence-electron chi connectivity index (χ2n) is 3.25. The van der Waals surface area contributed by atoms with Gasteiger partial charge < -0.3 is 4.74 Å². The molecule has 0 aromatic heterocycles. The molecule has 0 aliphatic rings. The lowest BCUT2D eigenvalue weighted by Crippen LogP contribution is -1.90. The van der Waals surface area contributed by atoms with Crippen LogP contribution < -0.4 is 4.74 Å². The molecule has 0 bridgehead atoms. The van der Waals surface area contributed by atoms with Crippen molar-refractivity contribution in [3.63, 3.8) is 0 Å². The molecule has 0 saturated heterocycles. The summed E-state index contributed by atoms with van der Waals surface area (Å²) >= 11 is 0. The van der Waals surface area contributed by atoms with Crippen molar-refractivity contribution in [2.75, 3.05) is 6.61 Å². The lowest BCUT2D eigenvalue weighted by molar-refractivity contribution is 0.340. The second kappa shape index (κ2) is 4.65. The summed E-state index contributed by atoms with van der Waals surface area (Å²) in [6.07, 6.45) is 0. The molecule has 0 atom stereocenters. The lowest BCUT2D eigenvalue weighted by atomic mass is 10.1. The monoisotopic (exact) mass is 197 g/mol. The van der Waals surface area contributed by atoms with E-state index in [0.717, 1.165) is 11.3 Å². The van der Waals surface area contributed by atoms with E-state index in [-0.39, 0.29) is 0 Å². The van der Waals surface area contributed by atoms with Crippen molar-refractivity contribution < 1.29 is 4.74 Å². The predicted molar refractivity (Wildman–Crippen MR) is 61.9 cm³/mol. The van der Waals surface area contributed by atoms with Crippen molar-refractivity contribution >= 4 is 0 Å². The Morgan fingerprint density at radius 2 is 2.00 bits per heavy atom. The first kappa shape index (κ1) is 9.78. The van der Waals surface area contributed by atoms with Crippen LogP contribution >= 0.6 is 0 Å². The molecule has 1 nitrogen and oxygen atoms in total. The van der Waals surface area contributed by atoms with Crippen LogP contribution in [0.4, 0.5) is 0 Å². The Morgan fingerprint density at radius 1 is 1.13 bits per heavy atom. The molecule has 2 aromatic rings. The summed E-state index contributed by atoms with van der Waals surface area (Å²) in [5, 5.41) is 0. The highest BCUT2D eigenvalue weighted by molar-refractivity contribution is 5.64. The fraction of sp³-hybridized carbons (Fsp3) is 0.143. The fourth-order valence-electron chi connectivity index (χ4n) is 1.51. The van der Waals surface area contributed by atoms with Crippen LogP contribution in [-0.4, -0.2) is 6.61 Å². The van der Waals surface area contributed by atoms with Crippen molar-refractivity contribution in [3.8, 4) is 16.9 Å². The van der Waals surface area contributed by atoms with E-state index in [1.807, 2.05) is 43.3 Å². The number of rotatable bonds is 3. The standard InChI is InChI=1S/C14H13O/c1-2-15-14-10-6-9-13(11-14)12-7-4-3-5-8-12/h3-4,6-11H,2H2,1H3. The van der Waals surface area contributed by atoms with E-state index < -0.39 is 0 Å². The van der Waals surface area contributed by atoms with E-state index in [0.29, 0.717) is 6.61 Å². The van der Waals surface area contributed by atoms with E-state index >= 15 is 0 Å². The maximum Gasteiger partial charge on any atom is 0.119 e. The average molecular weight is 197 g/mol. The van der Waals surface area contributed by atoms with Crippen LogP contribution in [0.25, 0.3) is 11.1 Å². The molecule has 2 aromatic carbocycles. The van der Waals surface area contributed by atoms with Gasteiger partial charge >= 0.3 is 0 Å². The molecule has 75 valence electrons. The van der Waals surface area contributed by atoms with Gasteiger partial charge in [-0.05, 0) is 42.3 Å². The van der Waals surface area contributed by atoms with E-state index in [9.17, 15) is 0 Å². The minimum atomic E-state index is 0.699. The SMILES string of the molecule is CCOc1cccc(-c2c[c]ccc2)c1.